The van der Waals surface area contributed by atoms with Gasteiger partial charge in [-0.2, -0.15) is 0 Å². The molecular formula is C13H18N2O3S2. The van der Waals surface area contributed by atoms with Crippen LogP contribution in [0.2, 0.25) is 0 Å². The van der Waals surface area contributed by atoms with E-state index >= 15 is 0 Å². The van der Waals surface area contributed by atoms with E-state index in [0.29, 0.717) is 16.5 Å². The van der Waals surface area contributed by atoms with Crippen molar-refractivity contribution < 1.29 is 12.8 Å². The number of nitrogens with one attached hydrogen (secondary N) is 2. The minimum absolute atomic E-state index is 0.163. The van der Waals surface area contributed by atoms with Crippen molar-refractivity contribution in [2.24, 2.45) is 0 Å². The van der Waals surface area contributed by atoms with Gasteiger partial charge in [-0.25, -0.2) is 13.1 Å². The molecule has 2 N–H and O–H groups in total. The molecule has 0 spiro atoms. The lowest BCUT2D eigenvalue weighted by Crippen LogP contribution is -2.22. The Morgan fingerprint density at radius 2 is 2.20 bits per heavy atom. The second kappa shape index (κ2) is 7.03. The molecule has 0 aromatic carbocycles. The molecule has 0 aliphatic carbocycles. The molecule has 2 rings (SSSR count). The molecule has 0 amide bonds. The van der Waals surface area contributed by atoms with Crippen molar-refractivity contribution in [1.29, 1.82) is 0 Å². The first-order chi connectivity index (χ1) is 9.62. The quantitative estimate of drug-likeness (QED) is 0.734. The van der Waals surface area contributed by atoms with Crippen LogP contribution in [0.1, 0.15) is 24.7 Å². The summed E-state index contributed by atoms with van der Waals surface area (Å²) in [6.07, 6.45) is 2.58. The van der Waals surface area contributed by atoms with Crippen LogP contribution >= 0.6 is 11.3 Å². The summed E-state index contributed by atoms with van der Waals surface area (Å²) in [5.41, 5.74) is 0.988. The molecule has 2 heterocycles. The number of thiophene rings is 1. The second-order valence-electron chi connectivity index (χ2n) is 4.35. The molecule has 2 aromatic rings. The van der Waals surface area contributed by atoms with Crippen molar-refractivity contribution in [3.8, 4) is 0 Å². The SMILES string of the molecule is CCCNCc1csc(S(=O)(=O)NCc2ccco2)c1. The normalized spacial score (nSPS) is 11.8. The topological polar surface area (TPSA) is 71.3 Å². The minimum atomic E-state index is -3.47. The number of furan rings is 1. The predicted molar refractivity (Wildman–Crippen MR) is 79.1 cm³/mol. The van der Waals surface area contributed by atoms with Crippen LogP contribution in [0.5, 0.6) is 0 Å². The third kappa shape index (κ3) is 4.17. The van der Waals surface area contributed by atoms with Gasteiger partial charge in [-0.15, -0.1) is 11.3 Å². The Hall–Kier alpha value is -1.15. The third-order valence-corrected chi connectivity index (χ3v) is 5.56. The van der Waals surface area contributed by atoms with Crippen LogP contribution in [-0.2, 0) is 23.1 Å². The summed E-state index contributed by atoms with van der Waals surface area (Å²) in [6.45, 7) is 3.87. The van der Waals surface area contributed by atoms with E-state index in [2.05, 4.69) is 17.0 Å². The zero-order chi connectivity index (χ0) is 14.4. The smallest absolute Gasteiger partial charge is 0.250 e. The standard InChI is InChI=1S/C13H18N2O3S2/c1-2-5-14-8-11-7-13(19-10-11)20(16,17)15-9-12-4-3-6-18-12/h3-4,6-7,10,14-15H,2,5,8-9H2,1H3. The lowest BCUT2D eigenvalue weighted by molar-refractivity contribution is 0.499. The number of rotatable bonds is 8. The Labute approximate surface area is 123 Å². The molecule has 7 heteroatoms. The fourth-order valence-corrected chi connectivity index (χ4v) is 3.89. The fraction of sp³-hybridized carbons (Fsp3) is 0.385. The molecule has 0 aliphatic rings. The maximum atomic E-state index is 12.1. The van der Waals surface area contributed by atoms with Crippen molar-refractivity contribution in [3.63, 3.8) is 0 Å². The van der Waals surface area contributed by atoms with E-state index in [1.807, 2.05) is 5.38 Å². The number of hydrogen-bond acceptors (Lipinski definition) is 5. The molecule has 0 fully saturated rings. The van der Waals surface area contributed by atoms with Crippen LogP contribution in [-0.4, -0.2) is 15.0 Å². The van der Waals surface area contributed by atoms with E-state index in [0.717, 1.165) is 18.5 Å². The Kier molecular flexibility index (Phi) is 5.36. The maximum Gasteiger partial charge on any atom is 0.250 e. The number of hydrogen-bond donors (Lipinski definition) is 2. The summed E-state index contributed by atoms with van der Waals surface area (Å²) in [5, 5.41) is 5.11. The molecule has 0 unspecified atom stereocenters. The Bertz CT molecular complexity index is 618. The van der Waals surface area contributed by atoms with Crippen molar-refractivity contribution in [2.45, 2.75) is 30.6 Å². The van der Waals surface area contributed by atoms with E-state index in [-0.39, 0.29) is 6.54 Å². The van der Waals surface area contributed by atoms with Gasteiger partial charge in [0.15, 0.2) is 0 Å². The maximum absolute atomic E-state index is 12.1. The highest BCUT2D eigenvalue weighted by molar-refractivity contribution is 7.91. The van der Waals surface area contributed by atoms with Gasteiger partial charge in [0.05, 0.1) is 12.8 Å². The van der Waals surface area contributed by atoms with Gasteiger partial charge in [-0.3, -0.25) is 0 Å². The lowest BCUT2D eigenvalue weighted by atomic mass is 10.3. The minimum Gasteiger partial charge on any atom is -0.468 e. The van der Waals surface area contributed by atoms with Crippen molar-refractivity contribution in [1.82, 2.24) is 10.0 Å². The van der Waals surface area contributed by atoms with Gasteiger partial charge in [-0.1, -0.05) is 6.92 Å². The van der Waals surface area contributed by atoms with Gasteiger partial charge in [0.25, 0.3) is 0 Å². The van der Waals surface area contributed by atoms with Gasteiger partial charge < -0.3 is 9.73 Å². The van der Waals surface area contributed by atoms with Crippen LogP contribution in [0.4, 0.5) is 0 Å². The molecule has 0 radical (unpaired) electrons. The van der Waals surface area contributed by atoms with Crippen molar-refractivity contribution in [2.75, 3.05) is 6.54 Å². The Morgan fingerprint density at radius 1 is 1.35 bits per heavy atom. The average molecular weight is 314 g/mol. The van der Waals surface area contributed by atoms with E-state index in [1.165, 1.54) is 17.6 Å². The van der Waals surface area contributed by atoms with Crippen molar-refractivity contribution >= 4 is 21.4 Å². The van der Waals surface area contributed by atoms with Gasteiger partial charge in [0.2, 0.25) is 10.0 Å². The zero-order valence-corrected chi connectivity index (χ0v) is 12.9. The predicted octanol–water partition coefficient (Wildman–Crippen LogP) is 2.32. The van der Waals surface area contributed by atoms with Crippen LogP contribution < -0.4 is 10.0 Å². The molecule has 0 aliphatic heterocycles. The first kappa shape index (κ1) is 15.2. The third-order valence-electron chi connectivity index (χ3n) is 2.67. The van der Waals surface area contributed by atoms with E-state index in [4.69, 9.17) is 4.42 Å². The Balaban J connectivity index is 1.95. The van der Waals surface area contributed by atoms with Crippen LogP contribution in [0.25, 0.3) is 0 Å². The molecule has 0 saturated carbocycles. The largest absolute Gasteiger partial charge is 0.468 e. The summed E-state index contributed by atoms with van der Waals surface area (Å²) in [5.74, 6) is 0.593. The number of sulfonamides is 1. The van der Waals surface area contributed by atoms with Crippen LogP contribution in [0.15, 0.2) is 38.5 Å². The van der Waals surface area contributed by atoms with Crippen LogP contribution in [0.3, 0.4) is 0 Å². The van der Waals surface area contributed by atoms with Gasteiger partial charge in [0, 0.05) is 6.54 Å². The van der Waals surface area contributed by atoms with E-state index in [9.17, 15) is 8.42 Å². The molecule has 110 valence electrons. The lowest BCUT2D eigenvalue weighted by Gasteiger charge is -2.02. The molecule has 20 heavy (non-hydrogen) atoms. The zero-order valence-electron chi connectivity index (χ0n) is 11.3. The van der Waals surface area contributed by atoms with E-state index in [1.54, 1.807) is 18.2 Å². The molecule has 0 bridgehead atoms. The highest BCUT2D eigenvalue weighted by Gasteiger charge is 2.16. The first-order valence-electron chi connectivity index (χ1n) is 6.42. The summed E-state index contributed by atoms with van der Waals surface area (Å²) in [7, 11) is -3.47. The summed E-state index contributed by atoms with van der Waals surface area (Å²) >= 11 is 1.23. The molecule has 2 aromatic heterocycles. The summed E-state index contributed by atoms with van der Waals surface area (Å²) < 4.78 is 32.2. The highest BCUT2D eigenvalue weighted by Crippen LogP contribution is 2.20. The molecule has 0 saturated heterocycles. The van der Waals surface area contributed by atoms with Gasteiger partial charge >= 0.3 is 0 Å². The molecule has 0 atom stereocenters. The summed E-state index contributed by atoms with van der Waals surface area (Å²) in [6, 6.07) is 5.17. The van der Waals surface area contributed by atoms with Gasteiger partial charge in [0.1, 0.15) is 9.97 Å². The summed E-state index contributed by atoms with van der Waals surface area (Å²) in [4.78, 5) is 0. The Morgan fingerprint density at radius 3 is 2.90 bits per heavy atom. The monoisotopic (exact) mass is 314 g/mol. The average Bonchev–Trinajstić information content (AvgIpc) is 3.08. The van der Waals surface area contributed by atoms with Crippen LogP contribution in [0, 0.1) is 0 Å². The molecular weight excluding hydrogens is 296 g/mol. The van der Waals surface area contributed by atoms with Gasteiger partial charge in [-0.05, 0) is 42.1 Å². The first-order valence-corrected chi connectivity index (χ1v) is 8.78. The molecule has 5 nitrogen and oxygen atoms in total. The van der Waals surface area contributed by atoms with Crippen molar-refractivity contribution in [3.05, 3.63) is 41.2 Å². The van der Waals surface area contributed by atoms with E-state index < -0.39 is 10.0 Å². The highest BCUT2D eigenvalue weighted by atomic mass is 32.2. The fourth-order valence-electron chi connectivity index (χ4n) is 1.65. The second-order valence-corrected chi connectivity index (χ2v) is 7.26.